The molecule has 1 saturated heterocycles. The number of piperidine rings is 1. The fourth-order valence-electron chi connectivity index (χ4n) is 4.10. The Morgan fingerprint density at radius 2 is 1.80 bits per heavy atom. The fourth-order valence-corrected chi connectivity index (χ4v) is 6.88. The van der Waals surface area contributed by atoms with Crippen molar-refractivity contribution < 1.29 is 13.2 Å². The summed E-state index contributed by atoms with van der Waals surface area (Å²) in [4.78, 5) is 24.2. The van der Waals surface area contributed by atoms with Gasteiger partial charge in [-0.2, -0.15) is 4.31 Å². The topological polar surface area (TPSA) is 83.5 Å². The molecule has 0 bridgehead atoms. The molecule has 3 heterocycles. The van der Waals surface area contributed by atoms with Gasteiger partial charge in [0.1, 0.15) is 5.52 Å². The molecule has 35 heavy (non-hydrogen) atoms. The number of amides is 1. The lowest BCUT2D eigenvalue weighted by Gasteiger charge is -2.26. The molecular weight excluding hydrogens is 504 g/mol. The number of anilines is 1. The molecule has 0 atom stereocenters. The first-order chi connectivity index (χ1) is 16.9. The van der Waals surface area contributed by atoms with Gasteiger partial charge in [-0.15, -0.1) is 0 Å². The fraction of sp³-hybridized carbons (Fsp3) is 0.240. The van der Waals surface area contributed by atoms with E-state index in [4.69, 9.17) is 11.6 Å². The molecule has 0 saturated carbocycles. The minimum Gasteiger partial charge on any atom is -0.279 e. The van der Waals surface area contributed by atoms with Gasteiger partial charge in [-0.25, -0.2) is 13.4 Å². The third-order valence-corrected chi connectivity index (χ3v) is 9.21. The number of fused-ring (bicyclic) bond motifs is 1. The lowest BCUT2D eigenvalue weighted by atomic mass is 10.2. The van der Waals surface area contributed by atoms with E-state index in [1.807, 2.05) is 24.3 Å². The first kappa shape index (κ1) is 23.9. The van der Waals surface area contributed by atoms with Gasteiger partial charge in [-0.1, -0.05) is 41.5 Å². The second-order valence-corrected chi connectivity index (χ2v) is 11.7. The summed E-state index contributed by atoms with van der Waals surface area (Å²) in [5.41, 5.74) is 1.86. The average molecular weight is 527 g/mol. The number of aromatic nitrogens is 2. The first-order valence-corrected chi connectivity index (χ1v) is 13.9. The van der Waals surface area contributed by atoms with Crippen LogP contribution in [-0.4, -0.2) is 41.7 Å². The molecule has 2 aromatic heterocycles. The molecule has 0 aliphatic carbocycles. The van der Waals surface area contributed by atoms with Gasteiger partial charge in [0, 0.05) is 31.0 Å². The van der Waals surface area contributed by atoms with Crippen LogP contribution < -0.4 is 4.90 Å². The molecule has 1 aliphatic heterocycles. The Hall–Kier alpha value is -2.85. The molecule has 7 nitrogen and oxygen atoms in total. The molecule has 0 spiro atoms. The van der Waals surface area contributed by atoms with Gasteiger partial charge >= 0.3 is 0 Å². The summed E-state index contributed by atoms with van der Waals surface area (Å²) in [5, 5.41) is 1.03. The summed E-state index contributed by atoms with van der Waals surface area (Å²) in [6.45, 7) is 1.32. The Kier molecular flexibility index (Phi) is 6.84. The van der Waals surface area contributed by atoms with Gasteiger partial charge in [0.15, 0.2) is 5.13 Å². The first-order valence-electron chi connectivity index (χ1n) is 11.3. The summed E-state index contributed by atoms with van der Waals surface area (Å²) in [5.74, 6) is -0.286. The highest BCUT2D eigenvalue weighted by atomic mass is 35.5. The van der Waals surface area contributed by atoms with E-state index in [1.54, 1.807) is 35.5 Å². The van der Waals surface area contributed by atoms with Crippen molar-refractivity contribution in [3.8, 4) is 0 Å². The van der Waals surface area contributed by atoms with Gasteiger partial charge in [0.25, 0.3) is 5.91 Å². The van der Waals surface area contributed by atoms with Crippen LogP contribution in [0.3, 0.4) is 0 Å². The molecule has 1 aliphatic rings. The molecule has 0 unspecified atom stereocenters. The van der Waals surface area contributed by atoms with Gasteiger partial charge < -0.3 is 0 Å². The van der Waals surface area contributed by atoms with Crippen LogP contribution in [0.25, 0.3) is 10.2 Å². The van der Waals surface area contributed by atoms with Crippen molar-refractivity contribution in [2.45, 2.75) is 30.7 Å². The minimum atomic E-state index is -3.57. The van der Waals surface area contributed by atoms with Crippen LogP contribution in [0, 0.1) is 0 Å². The van der Waals surface area contributed by atoms with Crippen LogP contribution in [0.15, 0.2) is 71.9 Å². The van der Waals surface area contributed by atoms with Crippen molar-refractivity contribution in [1.29, 1.82) is 0 Å². The number of sulfonamides is 1. The lowest BCUT2D eigenvalue weighted by Crippen LogP contribution is -2.35. The molecule has 0 radical (unpaired) electrons. The highest BCUT2D eigenvalue weighted by Gasteiger charge is 2.27. The predicted molar refractivity (Wildman–Crippen MR) is 138 cm³/mol. The molecule has 1 fully saturated rings. The Morgan fingerprint density at radius 1 is 1.03 bits per heavy atom. The van der Waals surface area contributed by atoms with Crippen molar-refractivity contribution in [2.75, 3.05) is 18.0 Å². The van der Waals surface area contributed by atoms with E-state index in [1.165, 1.54) is 27.8 Å². The second kappa shape index (κ2) is 10.0. The van der Waals surface area contributed by atoms with E-state index in [2.05, 4.69) is 9.97 Å². The van der Waals surface area contributed by atoms with Crippen LogP contribution in [0.1, 0.15) is 35.2 Å². The molecule has 1 amide bonds. The molecule has 10 heteroatoms. The van der Waals surface area contributed by atoms with Crippen molar-refractivity contribution >= 4 is 54.2 Å². The number of pyridine rings is 1. The monoisotopic (exact) mass is 526 g/mol. The maximum absolute atomic E-state index is 13.7. The number of thiazole rings is 1. The van der Waals surface area contributed by atoms with Crippen LogP contribution in [0.2, 0.25) is 5.02 Å². The van der Waals surface area contributed by atoms with E-state index < -0.39 is 10.0 Å². The standard InChI is InChI=1S/C25H23ClN4O3S2/c26-21-7-4-8-22-23(21)28-25(34-22)30(17-18-6-5-13-27-16-18)24(31)19-9-11-20(12-10-19)35(32,33)29-14-2-1-3-15-29/h4-13,16H,1-3,14-15,17H2. The summed E-state index contributed by atoms with van der Waals surface area (Å²) in [7, 11) is -3.57. The predicted octanol–water partition coefficient (Wildman–Crippen LogP) is 5.37. The average Bonchev–Trinajstić information content (AvgIpc) is 3.34. The van der Waals surface area contributed by atoms with E-state index in [9.17, 15) is 13.2 Å². The summed E-state index contributed by atoms with van der Waals surface area (Å²) < 4.78 is 28.4. The molecule has 5 rings (SSSR count). The van der Waals surface area contributed by atoms with Crippen molar-refractivity contribution in [3.05, 3.63) is 83.1 Å². The van der Waals surface area contributed by atoms with Crippen LogP contribution in [-0.2, 0) is 16.6 Å². The Bertz CT molecular complexity index is 1450. The zero-order chi connectivity index (χ0) is 24.4. The van der Waals surface area contributed by atoms with E-state index in [0.29, 0.717) is 34.3 Å². The second-order valence-electron chi connectivity index (χ2n) is 8.32. The molecule has 180 valence electrons. The normalized spacial score (nSPS) is 14.8. The summed E-state index contributed by atoms with van der Waals surface area (Å²) in [6, 6.07) is 15.4. The highest BCUT2D eigenvalue weighted by Crippen LogP contribution is 2.34. The van der Waals surface area contributed by atoms with Crippen molar-refractivity contribution in [1.82, 2.24) is 14.3 Å². The van der Waals surface area contributed by atoms with E-state index >= 15 is 0 Å². The maximum atomic E-state index is 13.7. The molecule has 4 aromatic rings. The zero-order valence-corrected chi connectivity index (χ0v) is 21.2. The van der Waals surface area contributed by atoms with Crippen LogP contribution >= 0.6 is 22.9 Å². The number of hydrogen-bond donors (Lipinski definition) is 0. The SMILES string of the molecule is O=C(c1ccc(S(=O)(=O)N2CCCCC2)cc1)N(Cc1cccnc1)c1nc2c(Cl)cccc2s1. The molecule has 2 aromatic carbocycles. The largest absolute Gasteiger partial charge is 0.279 e. The number of carbonyl (C=O) groups excluding carboxylic acids is 1. The smallest absolute Gasteiger partial charge is 0.260 e. The zero-order valence-electron chi connectivity index (χ0n) is 18.8. The van der Waals surface area contributed by atoms with E-state index in [0.717, 1.165) is 29.5 Å². The summed E-state index contributed by atoms with van der Waals surface area (Å²) in [6.07, 6.45) is 6.16. The molecular formula is C25H23ClN4O3S2. The van der Waals surface area contributed by atoms with Gasteiger partial charge in [-0.3, -0.25) is 14.7 Å². The Morgan fingerprint density at radius 3 is 2.49 bits per heavy atom. The number of nitrogens with zero attached hydrogens (tertiary/aromatic N) is 4. The van der Waals surface area contributed by atoms with Crippen molar-refractivity contribution in [3.63, 3.8) is 0 Å². The van der Waals surface area contributed by atoms with Crippen LogP contribution in [0.5, 0.6) is 0 Å². The van der Waals surface area contributed by atoms with Crippen molar-refractivity contribution in [2.24, 2.45) is 0 Å². The molecule has 0 N–H and O–H groups in total. The minimum absolute atomic E-state index is 0.196. The van der Waals surface area contributed by atoms with E-state index in [-0.39, 0.29) is 17.3 Å². The third kappa shape index (κ3) is 4.95. The number of rotatable bonds is 6. The van der Waals surface area contributed by atoms with Gasteiger partial charge in [-0.05, 0) is 60.9 Å². The highest BCUT2D eigenvalue weighted by molar-refractivity contribution is 7.89. The Balaban J connectivity index is 1.47. The lowest BCUT2D eigenvalue weighted by molar-refractivity contribution is 0.0985. The number of benzene rings is 2. The number of carbonyl (C=O) groups is 1. The third-order valence-electron chi connectivity index (χ3n) is 5.95. The maximum Gasteiger partial charge on any atom is 0.260 e. The quantitative estimate of drug-likeness (QED) is 0.337. The Labute approximate surface area is 213 Å². The van der Waals surface area contributed by atoms with Gasteiger partial charge in [0.2, 0.25) is 10.0 Å². The number of halogens is 1. The number of hydrogen-bond acceptors (Lipinski definition) is 6. The number of para-hydroxylation sites is 1. The van der Waals surface area contributed by atoms with Gasteiger partial charge in [0.05, 0.1) is 21.2 Å². The summed E-state index contributed by atoms with van der Waals surface area (Å²) >= 11 is 7.70. The van der Waals surface area contributed by atoms with Crippen LogP contribution in [0.4, 0.5) is 5.13 Å².